The summed E-state index contributed by atoms with van der Waals surface area (Å²) in [7, 11) is 0. The topological polar surface area (TPSA) is 55.1 Å². The Morgan fingerprint density at radius 2 is 1.89 bits per heavy atom. The van der Waals surface area contributed by atoms with Gasteiger partial charge in [0.25, 0.3) is 0 Å². The Balaban J connectivity index is 2.41. The first-order chi connectivity index (χ1) is 8.26. The first-order valence-corrected chi connectivity index (χ1v) is 7.27. The number of nitrogens with one attached hydrogen (secondary N) is 1. The molecule has 0 radical (unpaired) electrons. The molecule has 0 heterocycles. The molecule has 0 saturated heterocycles. The van der Waals surface area contributed by atoms with Crippen LogP contribution < -0.4 is 11.1 Å². The Hall–Kier alpha value is -0.570. The van der Waals surface area contributed by atoms with E-state index in [1.165, 1.54) is 12.8 Å². The minimum absolute atomic E-state index is 0.0987. The SMILES string of the molecule is CC(CC(=O)NC1(CN)CCCC1)CC(C)(C)C. The molecule has 1 amide bonds. The number of carbonyl (C=O) groups excluding carboxylic acids is 1. The molecule has 0 aliphatic heterocycles. The number of hydrogen-bond donors (Lipinski definition) is 2. The average molecular weight is 254 g/mol. The van der Waals surface area contributed by atoms with Crippen LogP contribution in [0.15, 0.2) is 0 Å². The first-order valence-electron chi connectivity index (χ1n) is 7.27. The highest BCUT2D eigenvalue weighted by molar-refractivity contribution is 5.77. The van der Waals surface area contributed by atoms with Gasteiger partial charge in [-0.3, -0.25) is 4.79 Å². The van der Waals surface area contributed by atoms with Gasteiger partial charge in [-0.1, -0.05) is 40.5 Å². The minimum atomic E-state index is -0.0987. The molecule has 106 valence electrons. The number of rotatable bonds is 5. The van der Waals surface area contributed by atoms with Gasteiger partial charge < -0.3 is 11.1 Å². The molecule has 1 aliphatic rings. The highest BCUT2D eigenvalue weighted by Gasteiger charge is 2.34. The molecule has 0 aromatic carbocycles. The summed E-state index contributed by atoms with van der Waals surface area (Å²) < 4.78 is 0. The quantitative estimate of drug-likeness (QED) is 0.792. The van der Waals surface area contributed by atoms with Gasteiger partial charge in [-0.2, -0.15) is 0 Å². The standard InChI is InChI=1S/C15H30N2O/c1-12(10-14(2,3)4)9-13(18)17-15(11-16)7-5-6-8-15/h12H,5-11,16H2,1-4H3,(H,17,18). The van der Waals surface area contributed by atoms with Crippen LogP contribution in [0.25, 0.3) is 0 Å². The second-order valence-corrected chi connectivity index (χ2v) is 7.31. The van der Waals surface area contributed by atoms with E-state index in [1.807, 2.05) is 0 Å². The lowest BCUT2D eigenvalue weighted by molar-refractivity contribution is -0.123. The fourth-order valence-corrected chi connectivity index (χ4v) is 3.21. The van der Waals surface area contributed by atoms with E-state index >= 15 is 0 Å². The van der Waals surface area contributed by atoms with Crippen molar-refractivity contribution in [1.29, 1.82) is 0 Å². The minimum Gasteiger partial charge on any atom is -0.349 e. The Morgan fingerprint density at radius 3 is 2.33 bits per heavy atom. The van der Waals surface area contributed by atoms with Crippen LogP contribution in [0.5, 0.6) is 0 Å². The van der Waals surface area contributed by atoms with Crippen LogP contribution in [0.3, 0.4) is 0 Å². The van der Waals surface area contributed by atoms with Crippen molar-refractivity contribution in [3.63, 3.8) is 0 Å². The van der Waals surface area contributed by atoms with Crippen LogP contribution in [0, 0.1) is 11.3 Å². The van der Waals surface area contributed by atoms with E-state index in [0.29, 0.717) is 24.3 Å². The van der Waals surface area contributed by atoms with E-state index in [9.17, 15) is 4.79 Å². The van der Waals surface area contributed by atoms with Crippen molar-refractivity contribution in [2.75, 3.05) is 6.54 Å². The smallest absolute Gasteiger partial charge is 0.220 e. The molecule has 3 heteroatoms. The molecule has 3 N–H and O–H groups in total. The molecule has 0 aromatic rings. The lowest BCUT2D eigenvalue weighted by Crippen LogP contribution is -2.51. The predicted octanol–water partition coefficient (Wildman–Crippen LogP) is 2.84. The van der Waals surface area contributed by atoms with Gasteiger partial charge in [0.15, 0.2) is 0 Å². The summed E-state index contributed by atoms with van der Waals surface area (Å²) in [6.07, 6.45) is 6.17. The van der Waals surface area contributed by atoms with Gasteiger partial charge in [-0.05, 0) is 30.6 Å². The molecule has 0 aromatic heterocycles. The summed E-state index contributed by atoms with van der Waals surface area (Å²) in [4.78, 5) is 12.1. The monoisotopic (exact) mass is 254 g/mol. The number of hydrogen-bond acceptors (Lipinski definition) is 2. The summed E-state index contributed by atoms with van der Waals surface area (Å²) in [6, 6.07) is 0. The van der Waals surface area contributed by atoms with Crippen LogP contribution >= 0.6 is 0 Å². The van der Waals surface area contributed by atoms with Crippen molar-refractivity contribution in [2.24, 2.45) is 17.1 Å². The van der Waals surface area contributed by atoms with Crippen LogP contribution in [0.1, 0.15) is 66.2 Å². The number of nitrogens with two attached hydrogens (primary N) is 1. The Kier molecular flexibility index (Phi) is 5.20. The van der Waals surface area contributed by atoms with Gasteiger partial charge in [-0.25, -0.2) is 0 Å². The zero-order valence-electron chi connectivity index (χ0n) is 12.5. The molecular weight excluding hydrogens is 224 g/mol. The summed E-state index contributed by atoms with van der Waals surface area (Å²) in [5.41, 5.74) is 6.03. The maximum Gasteiger partial charge on any atom is 0.220 e. The lowest BCUT2D eigenvalue weighted by Gasteiger charge is -2.30. The zero-order valence-corrected chi connectivity index (χ0v) is 12.5. The van der Waals surface area contributed by atoms with Gasteiger partial charge >= 0.3 is 0 Å². The third-order valence-electron chi connectivity index (χ3n) is 3.85. The van der Waals surface area contributed by atoms with E-state index < -0.39 is 0 Å². The Labute approximate surface area is 112 Å². The molecule has 1 rings (SSSR count). The molecule has 18 heavy (non-hydrogen) atoms. The van der Waals surface area contributed by atoms with E-state index in [0.717, 1.165) is 19.3 Å². The van der Waals surface area contributed by atoms with E-state index in [2.05, 4.69) is 33.0 Å². The van der Waals surface area contributed by atoms with Crippen molar-refractivity contribution in [3.05, 3.63) is 0 Å². The fraction of sp³-hybridized carbons (Fsp3) is 0.933. The molecule has 0 spiro atoms. The van der Waals surface area contributed by atoms with Crippen LogP contribution in [-0.4, -0.2) is 18.0 Å². The molecule has 1 atom stereocenters. The summed E-state index contributed by atoms with van der Waals surface area (Å²) >= 11 is 0. The predicted molar refractivity (Wildman–Crippen MR) is 76.2 cm³/mol. The van der Waals surface area contributed by atoms with Crippen molar-refractivity contribution >= 4 is 5.91 Å². The molecule has 1 saturated carbocycles. The van der Waals surface area contributed by atoms with Gasteiger partial charge in [0.05, 0.1) is 5.54 Å². The van der Waals surface area contributed by atoms with Crippen LogP contribution in [0.2, 0.25) is 0 Å². The highest BCUT2D eigenvalue weighted by Crippen LogP contribution is 2.30. The summed E-state index contributed by atoms with van der Waals surface area (Å²) in [6.45, 7) is 9.40. The first kappa shape index (κ1) is 15.5. The van der Waals surface area contributed by atoms with Gasteiger partial charge in [0.1, 0.15) is 0 Å². The van der Waals surface area contributed by atoms with E-state index in [-0.39, 0.29) is 11.4 Å². The van der Waals surface area contributed by atoms with Gasteiger partial charge in [0.2, 0.25) is 5.91 Å². The Bertz CT molecular complexity index is 275. The average Bonchev–Trinajstić information content (AvgIpc) is 2.63. The maximum atomic E-state index is 12.1. The fourth-order valence-electron chi connectivity index (χ4n) is 3.21. The third-order valence-corrected chi connectivity index (χ3v) is 3.85. The maximum absolute atomic E-state index is 12.1. The molecule has 0 bridgehead atoms. The molecular formula is C15H30N2O. The van der Waals surface area contributed by atoms with Crippen molar-refractivity contribution in [3.8, 4) is 0 Å². The van der Waals surface area contributed by atoms with Gasteiger partial charge in [0, 0.05) is 13.0 Å². The zero-order chi connectivity index (χ0) is 13.8. The van der Waals surface area contributed by atoms with Crippen molar-refractivity contribution in [1.82, 2.24) is 5.32 Å². The van der Waals surface area contributed by atoms with E-state index in [4.69, 9.17) is 5.73 Å². The normalized spacial score (nSPS) is 20.7. The summed E-state index contributed by atoms with van der Waals surface area (Å²) in [5.74, 6) is 0.611. The third kappa shape index (κ3) is 4.97. The molecule has 1 fully saturated rings. The van der Waals surface area contributed by atoms with Crippen LogP contribution in [0.4, 0.5) is 0 Å². The number of carbonyl (C=O) groups is 1. The lowest BCUT2D eigenvalue weighted by atomic mass is 9.84. The van der Waals surface area contributed by atoms with Gasteiger partial charge in [-0.15, -0.1) is 0 Å². The van der Waals surface area contributed by atoms with Crippen molar-refractivity contribution < 1.29 is 4.79 Å². The highest BCUT2D eigenvalue weighted by atomic mass is 16.1. The Morgan fingerprint density at radius 1 is 1.33 bits per heavy atom. The second kappa shape index (κ2) is 6.05. The number of amides is 1. The van der Waals surface area contributed by atoms with Crippen LogP contribution in [-0.2, 0) is 4.79 Å². The van der Waals surface area contributed by atoms with E-state index in [1.54, 1.807) is 0 Å². The second-order valence-electron chi connectivity index (χ2n) is 7.31. The van der Waals surface area contributed by atoms with Crippen molar-refractivity contribution in [2.45, 2.75) is 71.8 Å². The molecule has 3 nitrogen and oxygen atoms in total. The largest absolute Gasteiger partial charge is 0.349 e. The summed E-state index contributed by atoms with van der Waals surface area (Å²) in [5, 5.41) is 3.19. The molecule has 1 aliphatic carbocycles. The molecule has 1 unspecified atom stereocenters.